The van der Waals surface area contributed by atoms with Crippen LogP contribution in [0.4, 0.5) is 0 Å². The lowest BCUT2D eigenvalue weighted by Gasteiger charge is -2.30. The van der Waals surface area contributed by atoms with Crippen LogP contribution in [0.5, 0.6) is 11.5 Å². The molecule has 9 heteroatoms. The predicted octanol–water partition coefficient (Wildman–Crippen LogP) is 6.98. The van der Waals surface area contributed by atoms with Crippen LogP contribution in [0.2, 0.25) is 0 Å². The predicted molar refractivity (Wildman–Crippen MR) is 169 cm³/mol. The van der Waals surface area contributed by atoms with Gasteiger partial charge in [0.05, 0.1) is 36.1 Å². The van der Waals surface area contributed by atoms with Gasteiger partial charge in [-0.2, -0.15) is 0 Å². The summed E-state index contributed by atoms with van der Waals surface area (Å²) in [5, 5.41) is 1.09. The first-order valence-electron chi connectivity index (χ1n) is 14.4. The van der Waals surface area contributed by atoms with Crippen LogP contribution in [0.25, 0.3) is 22.7 Å². The normalized spacial score (nSPS) is 17.8. The van der Waals surface area contributed by atoms with E-state index in [4.69, 9.17) is 19.2 Å². The third kappa shape index (κ3) is 5.11. The fourth-order valence-electron chi connectivity index (χ4n) is 5.67. The molecule has 0 radical (unpaired) electrons. The van der Waals surface area contributed by atoms with E-state index < -0.39 is 11.5 Å². The van der Waals surface area contributed by atoms with Gasteiger partial charge in [-0.25, -0.2) is 4.79 Å². The Morgan fingerprint density at radius 2 is 1.74 bits per heavy atom. The summed E-state index contributed by atoms with van der Waals surface area (Å²) >= 11 is 1.39. The third-order valence-corrected chi connectivity index (χ3v) is 8.39. The van der Waals surface area contributed by atoms with E-state index in [1.54, 1.807) is 18.7 Å². The van der Waals surface area contributed by atoms with Crippen molar-refractivity contribution in [2.75, 3.05) is 19.8 Å². The topological polar surface area (TPSA) is 82.4 Å². The number of fused-ring (bicyclic) bond motifs is 2. The van der Waals surface area contributed by atoms with Crippen molar-refractivity contribution < 1.29 is 23.8 Å². The number of hydrogen-bond acceptors (Lipinski definition) is 7. The Hall–Kier alpha value is -3.98. The maximum atomic E-state index is 14.2. The van der Waals surface area contributed by atoms with Crippen molar-refractivity contribution in [2.24, 2.45) is 4.99 Å². The molecule has 0 spiro atoms. The molecular weight excluding hydrogens is 550 g/mol. The highest BCUT2D eigenvalue weighted by Gasteiger charge is 2.44. The molecule has 0 N–H and O–H groups in total. The van der Waals surface area contributed by atoms with Crippen molar-refractivity contribution in [3.63, 3.8) is 0 Å². The summed E-state index contributed by atoms with van der Waals surface area (Å²) in [4.78, 5) is 34.5. The number of esters is 1. The lowest BCUT2D eigenvalue weighted by Crippen LogP contribution is -2.37. The van der Waals surface area contributed by atoms with E-state index in [2.05, 4.69) is 37.5 Å². The van der Waals surface area contributed by atoms with Crippen LogP contribution in [0.3, 0.4) is 0 Å². The number of aliphatic imine (C=N–C) groups is 1. The minimum atomic E-state index is -0.558. The van der Waals surface area contributed by atoms with Crippen LogP contribution in [0.1, 0.15) is 64.4 Å². The first-order valence-corrected chi connectivity index (χ1v) is 15.3. The number of rotatable bonds is 9. The molecular formula is C33H37N3O5S. The highest BCUT2D eigenvalue weighted by Crippen LogP contribution is 2.47. The zero-order valence-corrected chi connectivity index (χ0v) is 26.0. The van der Waals surface area contributed by atoms with Crippen LogP contribution >= 0.6 is 11.8 Å². The van der Waals surface area contributed by atoms with Crippen molar-refractivity contribution in [1.82, 2.24) is 9.47 Å². The number of carbonyl (C=O) groups is 2. The molecule has 0 saturated carbocycles. The van der Waals surface area contributed by atoms with Crippen molar-refractivity contribution in [2.45, 2.75) is 60.0 Å². The summed E-state index contributed by atoms with van der Waals surface area (Å²) in [5.74, 6) is 0.395. The molecule has 0 aliphatic carbocycles. The number of aromatic nitrogens is 1. The first kappa shape index (κ1) is 29.5. The van der Waals surface area contributed by atoms with Crippen LogP contribution in [-0.2, 0) is 14.3 Å². The molecule has 2 aliphatic heterocycles. The van der Waals surface area contributed by atoms with E-state index in [1.165, 1.54) is 11.8 Å². The lowest BCUT2D eigenvalue weighted by molar-refractivity contribution is -0.137. The van der Waals surface area contributed by atoms with E-state index in [0.29, 0.717) is 46.6 Å². The van der Waals surface area contributed by atoms with Crippen molar-refractivity contribution >= 4 is 52.0 Å². The molecule has 1 amide bonds. The minimum absolute atomic E-state index is 0.201. The molecule has 0 unspecified atom stereocenters. The Bertz CT molecular complexity index is 1650. The SMILES string of the molecule is CCOC(=O)C1=C(c2ccc(OCC)c(OCC)c2)N2C(=O)/C(=C\c3c(C)n(C(C)C)c4ccccc34)S[C@@H]2N=C1C. The van der Waals surface area contributed by atoms with Crippen molar-refractivity contribution in [3.05, 3.63) is 69.8 Å². The number of amides is 1. The second kappa shape index (κ2) is 12.1. The number of ether oxygens (including phenoxy) is 3. The molecule has 1 aromatic heterocycles. The number of benzene rings is 2. The maximum Gasteiger partial charge on any atom is 0.342 e. The summed E-state index contributed by atoms with van der Waals surface area (Å²) in [6, 6.07) is 14.0. The molecule has 8 nitrogen and oxygen atoms in total. The fourth-order valence-corrected chi connectivity index (χ4v) is 6.80. The van der Waals surface area contributed by atoms with Gasteiger partial charge in [0.15, 0.2) is 17.0 Å². The van der Waals surface area contributed by atoms with Gasteiger partial charge in [0.2, 0.25) is 0 Å². The Balaban J connectivity index is 1.67. The maximum absolute atomic E-state index is 14.2. The van der Waals surface area contributed by atoms with Gasteiger partial charge in [0, 0.05) is 33.8 Å². The summed E-state index contributed by atoms with van der Waals surface area (Å²) in [6.07, 6.45) is 1.97. The average Bonchev–Trinajstić information content (AvgIpc) is 3.42. The van der Waals surface area contributed by atoms with Gasteiger partial charge < -0.3 is 18.8 Å². The van der Waals surface area contributed by atoms with E-state index >= 15 is 0 Å². The molecule has 5 rings (SSSR count). The monoisotopic (exact) mass is 587 g/mol. The van der Waals surface area contributed by atoms with Gasteiger partial charge >= 0.3 is 5.97 Å². The minimum Gasteiger partial charge on any atom is -0.490 e. The van der Waals surface area contributed by atoms with Crippen LogP contribution in [-0.4, -0.2) is 52.4 Å². The standard InChI is InChI=1S/C33H37N3O5S/c1-8-39-26-16-15-22(17-27(26)40-9-2)30-29(32(38)41-10-3)20(6)34-33-36(30)31(37)28(42-33)18-24-21(7)35(19(4)5)25-14-12-11-13-23(24)25/h11-19,33H,8-10H2,1-7H3/b28-18+/t33-/m1/s1. The molecule has 2 aromatic carbocycles. The van der Waals surface area contributed by atoms with Gasteiger partial charge in [-0.3, -0.25) is 14.7 Å². The fraction of sp³-hybridized carbons (Fsp3) is 0.364. The molecule has 1 atom stereocenters. The van der Waals surface area contributed by atoms with Gasteiger partial charge in [-0.15, -0.1) is 0 Å². The Kier molecular flexibility index (Phi) is 8.50. The van der Waals surface area contributed by atoms with E-state index in [1.807, 2.05) is 50.3 Å². The zero-order chi connectivity index (χ0) is 30.1. The first-order chi connectivity index (χ1) is 20.2. The summed E-state index contributed by atoms with van der Waals surface area (Å²) < 4.78 is 19.4. The van der Waals surface area contributed by atoms with Gasteiger partial charge in [0.1, 0.15) is 5.57 Å². The highest BCUT2D eigenvalue weighted by molar-refractivity contribution is 8.05. The second-order valence-corrected chi connectivity index (χ2v) is 11.4. The van der Waals surface area contributed by atoms with E-state index in [-0.39, 0.29) is 24.1 Å². The molecule has 0 bridgehead atoms. The van der Waals surface area contributed by atoms with E-state index in [0.717, 1.165) is 22.2 Å². The smallest absolute Gasteiger partial charge is 0.342 e. The number of thioether (sulfide) groups is 1. The van der Waals surface area contributed by atoms with Gasteiger partial charge in [-0.1, -0.05) is 30.0 Å². The molecule has 3 aromatic rings. The summed E-state index contributed by atoms with van der Waals surface area (Å²) in [7, 11) is 0. The van der Waals surface area contributed by atoms with Crippen LogP contribution in [0, 0.1) is 6.92 Å². The van der Waals surface area contributed by atoms with Gasteiger partial charge in [0.25, 0.3) is 5.91 Å². The number of hydrogen-bond donors (Lipinski definition) is 0. The Morgan fingerprint density at radius 3 is 2.43 bits per heavy atom. The Labute approximate surface area is 251 Å². The summed E-state index contributed by atoms with van der Waals surface area (Å²) in [5.41, 5.74) is 4.55. The molecule has 42 heavy (non-hydrogen) atoms. The molecule has 1 fully saturated rings. The van der Waals surface area contributed by atoms with Crippen LogP contribution < -0.4 is 9.47 Å². The third-order valence-electron chi connectivity index (χ3n) is 7.32. The molecule has 220 valence electrons. The zero-order valence-electron chi connectivity index (χ0n) is 25.2. The van der Waals surface area contributed by atoms with E-state index in [9.17, 15) is 9.59 Å². The van der Waals surface area contributed by atoms with Crippen molar-refractivity contribution in [3.8, 4) is 11.5 Å². The molecule has 3 heterocycles. The van der Waals surface area contributed by atoms with Crippen molar-refractivity contribution in [1.29, 1.82) is 0 Å². The second-order valence-electron chi connectivity index (χ2n) is 10.3. The quantitative estimate of drug-likeness (QED) is 0.199. The van der Waals surface area contributed by atoms with Gasteiger partial charge in [-0.05, 0) is 78.8 Å². The Morgan fingerprint density at radius 1 is 1.02 bits per heavy atom. The largest absolute Gasteiger partial charge is 0.490 e. The average molecular weight is 588 g/mol. The number of nitrogens with zero attached hydrogens (tertiary/aromatic N) is 3. The lowest BCUT2D eigenvalue weighted by atomic mass is 9.99. The highest BCUT2D eigenvalue weighted by atomic mass is 32.2. The molecule has 1 saturated heterocycles. The molecule has 2 aliphatic rings. The number of para-hydroxylation sites is 1. The summed E-state index contributed by atoms with van der Waals surface area (Å²) in [6.45, 7) is 14.9. The van der Waals surface area contributed by atoms with Crippen LogP contribution in [0.15, 0.2) is 57.9 Å². The number of carbonyl (C=O) groups excluding carboxylic acids is 2.